The van der Waals surface area contributed by atoms with Gasteiger partial charge in [-0.15, -0.1) is 0 Å². The Kier molecular flexibility index (Phi) is 7.45. The Morgan fingerprint density at radius 2 is 1.79 bits per heavy atom. The molecule has 2 aromatic rings. The molecule has 2 rings (SSSR count). The van der Waals surface area contributed by atoms with Crippen molar-refractivity contribution in [3.8, 4) is 5.75 Å². The topological polar surface area (TPSA) is 75.7 Å². The Balaban J connectivity index is 2.14. The van der Waals surface area contributed by atoms with Crippen LogP contribution < -0.4 is 14.4 Å². The van der Waals surface area contributed by atoms with Gasteiger partial charge in [0.05, 0.1) is 18.6 Å². The lowest BCUT2D eigenvalue weighted by molar-refractivity contribution is -0.122. The van der Waals surface area contributed by atoms with Gasteiger partial charge in [-0.2, -0.15) is 0 Å². The van der Waals surface area contributed by atoms with Gasteiger partial charge in [0.15, 0.2) is 0 Å². The van der Waals surface area contributed by atoms with Gasteiger partial charge in [0.25, 0.3) is 0 Å². The van der Waals surface area contributed by atoms with Gasteiger partial charge in [0.2, 0.25) is 15.9 Å². The van der Waals surface area contributed by atoms with Crippen molar-refractivity contribution in [3.05, 3.63) is 59.7 Å². The fraction of sp³-hybridized carbons (Fsp3) is 0.381. The van der Waals surface area contributed by atoms with Gasteiger partial charge < -0.3 is 10.1 Å². The molecule has 0 spiro atoms. The van der Waals surface area contributed by atoms with Crippen LogP contribution in [0.3, 0.4) is 0 Å². The van der Waals surface area contributed by atoms with E-state index in [2.05, 4.69) is 5.32 Å². The zero-order valence-electron chi connectivity index (χ0n) is 16.8. The fourth-order valence-electron chi connectivity index (χ4n) is 2.94. The third-order valence-electron chi connectivity index (χ3n) is 4.36. The first-order chi connectivity index (χ1) is 13.3. The molecule has 6 nitrogen and oxygen atoms in total. The summed E-state index contributed by atoms with van der Waals surface area (Å²) in [4.78, 5) is 12.7. The van der Waals surface area contributed by atoms with Gasteiger partial charge in [-0.1, -0.05) is 31.2 Å². The molecule has 7 heteroatoms. The van der Waals surface area contributed by atoms with Crippen LogP contribution in [0.4, 0.5) is 5.69 Å². The normalized spacial score (nSPS) is 12.3. The number of sulfonamides is 1. The summed E-state index contributed by atoms with van der Waals surface area (Å²) in [7, 11) is -3.63. The highest BCUT2D eigenvalue weighted by Gasteiger charge is 2.28. The molecule has 0 bridgehead atoms. The van der Waals surface area contributed by atoms with E-state index in [1.54, 1.807) is 19.1 Å². The van der Waals surface area contributed by atoms with Crippen LogP contribution in [0.5, 0.6) is 5.75 Å². The number of ether oxygens (including phenoxy) is 1. The molecule has 0 unspecified atom stereocenters. The minimum absolute atomic E-state index is 0.288. The smallest absolute Gasteiger partial charge is 0.243 e. The second kappa shape index (κ2) is 9.59. The molecule has 1 N–H and O–H groups in total. The average molecular weight is 405 g/mol. The number of carbonyl (C=O) groups excluding carboxylic acids is 1. The number of hydrogen-bond acceptors (Lipinski definition) is 4. The molecule has 0 aromatic heterocycles. The van der Waals surface area contributed by atoms with E-state index in [1.165, 1.54) is 0 Å². The van der Waals surface area contributed by atoms with Crippen molar-refractivity contribution in [1.29, 1.82) is 0 Å². The molecule has 0 fully saturated rings. The van der Waals surface area contributed by atoms with E-state index in [-0.39, 0.29) is 12.5 Å². The fourth-order valence-corrected chi connectivity index (χ4v) is 4.11. The number of nitrogens with zero attached hydrogens (tertiary/aromatic N) is 1. The van der Waals surface area contributed by atoms with Crippen molar-refractivity contribution >= 4 is 21.6 Å². The molecule has 28 heavy (non-hydrogen) atoms. The second-order valence-electron chi connectivity index (χ2n) is 6.55. The lowest BCUT2D eigenvalue weighted by atomic mass is 10.1. The van der Waals surface area contributed by atoms with Crippen molar-refractivity contribution < 1.29 is 17.9 Å². The van der Waals surface area contributed by atoms with Gasteiger partial charge in [-0.05, 0) is 55.7 Å². The lowest BCUT2D eigenvalue weighted by Gasteiger charge is -2.28. The number of amides is 1. The molecule has 1 amide bonds. The van der Waals surface area contributed by atoms with E-state index < -0.39 is 16.1 Å². The van der Waals surface area contributed by atoms with Gasteiger partial charge in [-0.3, -0.25) is 9.10 Å². The van der Waals surface area contributed by atoms with E-state index in [9.17, 15) is 13.2 Å². The summed E-state index contributed by atoms with van der Waals surface area (Å²) in [5.41, 5.74) is 2.45. The minimum Gasteiger partial charge on any atom is -0.494 e. The number of anilines is 1. The Hall–Kier alpha value is -2.54. The van der Waals surface area contributed by atoms with E-state index >= 15 is 0 Å². The summed E-state index contributed by atoms with van der Waals surface area (Å²) in [6, 6.07) is 13.8. The van der Waals surface area contributed by atoms with E-state index in [0.717, 1.165) is 33.9 Å². The van der Waals surface area contributed by atoms with Crippen molar-refractivity contribution in [2.75, 3.05) is 17.2 Å². The van der Waals surface area contributed by atoms with Crippen LogP contribution >= 0.6 is 0 Å². The number of benzene rings is 2. The summed E-state index contributed by atoms with van der Waals surface area (Å²) in [6.07, 6.45) is 1.96. The number of rotatable bonds is 9. The summed E-state index contributed by atoms with van der Waals surface area (Å²) in [5, 5.41) is 2.81. The maximum Gasteiger partial charge on any atom is 0.243 e. The molecule has 0 aliphatic heterocycles. The molecule has 0 radical (unpaired) electrons. The number of hydrogen-bond donors (Lipinski definition) is 1. The van der Waals surface area contributed by atoms with E-state index in [0.29, 0.717) is 12.3 Å². The van der Waals surface area contributed by atoms with Gasteiger partial charge >= 0.3 is 0 Å². The van der Waals surface area contributed by atoms with E-state index in [4.69, 9.17) is 4.74 Å². The van der Waals surface area contributed by atoms with Crippen LogP contribution in [-0.2, 0) is 27.8 Å². The first kappa shape index (κ1) is 21.8. The van der Waals surface area contributed by atoms with Gasteiger partial charge in [0, 0.05) is 6.54 Å². The highest BCUT2D eigenvalue weighted by atomic mass is 32.2. The standard InChI is InChI=1S/C21H28N2O4S/c1-5-17-10-12-19(13-11-17)23(28(4,25)26)16(3)21(24)22-15-18-8-7-9-20(14-18)27-6-2/h7-14,16H,5-6,15H2,1-4H3,(H,22,24)/t16-/m1/s1. The largest absolute Gasteiger partial charge is 0.494 e. The SMILES string of the molecule is CCOc1cccc(CNC(=O)[C@@H](C)N(c2ccc(CC)cc2)S(C)(=O)=O)c1. The molecular weight excluding hydrogens is 376 g/mol. The van der Waals surface area contributed by atoms with Crippen LogP contribution in [0.2, 0.25) is 0 Å². The zero-order chi connectivity index (χ0) is 20.7. The lowest BCUT2D eigenvalue weighted by Crippen LogP contribution is -2.47. The molecule has 0 aliphatic carbocycles. The molecule has 0 saturated heterocycles. The summed E-state index contributed by atoms with van der Waals surface area (Å²) < 4.78 is 31.3. The van der Waals surface area contributed by atoms with Crippen LogP contribution in [0.1, 0.15) is 31.9 Å². The zero-order valence-corrected chi connectivity index (χ0v) is 17.6. The predicted octanol–water partition coefficient (Wildman–Crippen LogP) is 3.12. The Labute approximate surface area is 167 Å². The Bertz CT molecular complexity index is 895. The van der Waals surface area contributed by atoms with Crippen LogP contribution in [0, 0.1) is 0 Å². The van der Waals surface area contributed by atoms with Crippen molar-refractivity contribution in [3.63, 3.8) is 0 Å². The van der Waals surface area contributed by atoms with E-state index in [1.807, 2.05) is 50.2 Å². The molecule has 2 aromatic carbocycles. The van der Waals surface area contributed by atoms with Crippen LogP contribution in [0.15, 0.2) is 48.5 Å². The average Bonchev–Trinajstić information content (AvgIpc) is 2.66. The third-order valence-corrected chi connectivity index (χ3v) is 5.61. The number of aryl methyl sites for hydroxylation is 1. The minimum atomic E-state index is -3.63. The quantitative estimate of drug-likeness (QED) is 0.697. The maximum absolute atomic E-state index is 12.7. The predicted molar refractivity (Wildman–Crippen MR) is 112 cm³/mol. The van der Waals surface area contributed by atoms with Gasteiger partial charge in [-0.25, -0.2) is 8.42 Å². The third kappa shape index (κ3) is 5.73. The second-order valence-corrected chi connectivity index (χ2v) is 8.41. The molecule has 0 saturated carbocycles. The molecule has 1 atom stereocenters. The summed E-state index contributed by atoms with van der Waals surface area (Å²) >= 11 is 0. The van der Waals surface area contributed by atoms with Crippen molar-refractivity contribution in [1.82, 2.24) is 5.32 Å². The molecule has 152 valence electrons. The summed E-state index contributed by atoms with van der Waals surface area (Å²) in [5.74, 6) is 0.364. The first-order valence-corrected chi connectivity index (χ1v) is 11.2. The monoisotopic (exact) mass is 404 g/mol. The van der Waals surface area contributed by atoms with Crippen LogP contribution in [0.25, 0.3) is 0 Å². The highest BCUT2D eigenvalue weighted by molar-refractivity contribution is 7.92. The summed E-state index contributed by atoms with van der Waals surface area (Å²) in [6.45, 7) is 6.37. The van der Waals surface area contributed by atoms with Gasteiger partial charge in [0.1, 0.15) is 11.8 Å². The number of carbonyl (C=O) groups is 1. The Morgan fingerprint density at radius 1 is 1.11 bits per heavy atom. The van der Waals surface area contributed by atoms with Crippen molar-refractivity contribution in [2.45, 2.75) is 39.8 Å². The van der Waals surface area contributed by atoms with Crippen LogP contribution in [-0.4, -0.2) is 33.2 Å². The Morgan fingerprint density at radius 3 is 2.36 bits per heavy atom. The first-order valence-electron chi connectivity index (χ1n) is 9.34. The highest BCUT2D eigenvalue weighted by Crippen LogP contribution is 2.22. The number of nitrogens with one attached hydrogen (secondary N) is 1. The maximum atomic E-state index is 12.7. The molecular formula is C21H28N2O4S. The molecule has 0 heterocycles. The molecule has 0 aliphatic rings. The van der Waals surface area contributed by atoms with Crippen molar-refractivity contribution in [2.24, 2.45) is 0 Å².